The molecule has 0 radical (unpaired) electrons. The number of ether oxygens (including phenoxy) is 2. The number of amides is 1. The highest BCUT2D eigenvalue weighted by atomic mass is 32.2. The third kappa shape index (κ3) is 8.55. The minimum Gasteiger partial charge on any atom is -0.480 e. The zero-order chi connectivity index (χ0) is 18.8. The third-order valence-corrected chi connectivity index (χ3v) is 4.84. The van der Waals surface area contributed by atoms with E-state index in [2.05, 4.69) is 5.32 Å². The predicted octanol–water partition coefficient (Wildman–Crippen LogP) is 1.32. The van der Waals surface area contributed by atoms with E-state index in [1.807, 2.05) is 0 Å². The molecule has 0 heterocycles. The Morgan fingerprint density at radius 1 is 1.20 bits per heavy atom. The molecule has 3 N–H and O–H groups in total. The molecular formula is C16H27NO7S. The number of aliphatic carboxylic acids is 1. The fourth-order valence-corrected chi connectivity index (χ4v) is 3.08. The molecule has 144 valence electrons. The SMILES string of the molecule is CC(C)C(=O)N[C@@H](CSC(O)OCOC(=O)C1CCCCC1)C(=O)O. The van der Waals surface area contributed by atoms with Crippen LogP contribution in [0, 0.1) is 11.8 Å². The van der Waals surface area contributed by atoms with Gasteiger partial charge in [-0.2, -0.15) is 0 Å². The molecular weight excluding hydrogens is 350 g/mol. The second-order valence-electron chi connectivity index (χ2n) is 6.28. The highest BCUT2D eigenvalue weighted by molar-refractivity contribution is 7.99. The van der Waals surface area contributed by atoms with Gasteiger partial charge < -0.3 is 25.0 Å². The van der Waals surface area contributed by atoms with Crippen LogP contribution in [0.5, 0.6) is 0 Å². The second kappa shape index (κ2) is 11.3. The van der Waals surface area contributed by atoms with Crippen molar-refractivity contribution >= 4 is 29.6 Å². The molecule has 0 aromatic heterocycles. The summed E-state index contributed by atoms with van der Waals surface area (Å²) in [6.07, 6.45) is 4.78. The van der Waals surface area contributed by atoms with E-state index in [0.717, 1.165) is 43.9 Å². The van der Waals surface area contributed by atoms with Crippen molar-refractivity contribution in [2.75, 3.05) is 12.5 Å². The number of aliphatic hydroxyl groups excluding tert-OH is 1. The minimum absolute atomic E-state index is 0.0778. The normalized spacial score (nSPS) is 17.8. The van der Waals surface area contributed by atoms with Crippen molar-refractivity contribution in [1.82, 2.24) is 5.32 Å². The Morgan fingerprint density at radius 2 is 1.84 bits per heavy atom. The van der Waals surface area contributed by atoms with Crippen LogP contribution in [0.25, 0.3) is 0 Å². The summed E-state index contributed by atoms with van der Waals surface area (Å²) in [5.41, 5.74) is -1.35. The summed E-state index contributed by atoms with van der Waals surface area (Å²) >= 11 is 0.800. The van der Waals surface area contributed by atoms with Crippen molar-refractivity contribution in [3.05, 3.63) is 0 Å². The number of carboxylic acid groups (broad SMARTS) is 1. The van der Waals surface area contributed by atoms with Crippen LogP contribution < -0.4 is 5.32 Å². The van der Waals surface area contributed by atoms with Crippen molar-refractivity contribution in [3.8, 4) is 0 Å². The standard InChI is InChI=1S/C16H27NO7S/c1-10(2)13(18)17-12(14(19)20)8-25-16(22)24-9-23-15(21)11-6-4-3-5-7-11/h10-12,16,22H,3-9H2,1-2H3,(H,17,18)(H,19,20)/t12-,16?/m0/s1. The van der Waals surface area contributed by atoms with Crippen molar-refractivity contribution in [1.29, 1.82) is 0 Å². The summed E-state index contributed by atoms with van der Waals surface area (Å²) in [5.74, 6) is -2.44. The molecule has 0 bridgehead atoms. The van der Waals surface area contributed by atoms with Crippen LogP contribution in [0.2, 0.25) is 0 Å². The smallest absolute Gasteiger partial charge is 0.327 e. The van der Waals surface area contributed by atoms with E-state index >= 15 is 0 Å². The summed E-state index contributed by atoms with van der Waals surface area (Å²) in [6, 6.07) is -1.14. The van der Waals surface area contributed by atoms with E-state index in [-0.39, 0.29) is 36.3 Å². The van der Waals surface area contributed by atoms with Gasteiger partial charge >= 0.3 is 11.9 Å². The second-order valence-corrected chi connectivity index (χ2v) is 7.35. The number of carbonyl (C=O) groups excluding carboxylic acids is 2. The fourth-order valence-electron chi connectivity index (χ4n) is 2.35. The third-order valence-electron chi connectivity index (χ3n) is 3.89. The Morgan fingerprint density at radius 3 is 2.40 bits per heavy atom. The van der Waals surface area contributed by atoms with Gasteiger partial charge in [0.15, 0.2) is 6.79 Å². The minimum atomic E-state index is -1.35. The number of carboxylic acids is 1. The first-order valence-electron chi connectivity index (χ1n) is 8.42. The Labute approximate surface area is 151 Å². The number of hydrogen-bond donors (Lipinski definition) is 3. The van der Waals surface area contributed by atoms with Gasteiger partial charge in [0.25, 0.3) is 0 Å². The van der Waals surface area contributed by atoms with E-state index < -0.39 is 17.6 Å². The molecule has 0 saturated heterocycles. The lowest BCUT2D eigenvalue weighted by Crippen LogP contribution is -2.44. The van der Waals surface area contributed by atoms with Crippen molar-refractivity contribution in [2.45, 2.75) is 57.6 Å². The number of esters is 1. The first-order chi connectivity index (χ1) is 11.8. The van der Waals surface area contributed by atoms with Crippen LogP contribution in [0.15, 0.2) is 0 Å². The number of aliphatic hydroxyl groups is 1. The number of rotatable bonds is 10. The largest absolute Gasteiger partial charge is 0.480 e. The average Bonchev–Trinajstić information content (AvgIpc) is 2.58. The average molecular weight is 377 g/mol. The highest BCUT2D eigenvalue weighted by Crippen LogP contribution is 2.24. The van der Waals surface area contributed by atoms with Gasteiger partial charge in [-0.1, -0.05) is 44.9 Å². The summed E-state index contributed by atoms with van der Waals surface area (Å²) in [7, 11) is 0. The van der Waals surface area contributed by atoms with Crippen LogP contribution in [0.4, 0.5) is 0 Å². The summed E-state index contributed by atoms with van der Waals surface area (Å²) < 4.78 is 9.94. The molecule has 1 aliphatic rings. The van der Waals surface area contributed by atoms with Crippen LogP contribution in [-0.2, 0) is 23.9 Å². The van der Waals surface area contributed by atoms with Gasteiger partial charge in [0.05, 0.1) is 5.92 Å². The topological polar surface area (TPSA) is 122 Å². The van der Waals surface area contributed by atoms with Crippen LogP contribution in [0.3, 0.4) is 0 Å². The van der Waals surface area contributed by atoms with E-state index in [0.29, 0.717) is 0 Å². The molecule has 25 heavy (non-hydrogen) atoms. The van der Waals surface area contributed by atoms with Gasteiger partial charge in [-0.05, 0) is 12.8 Å². The van der Waals surface area contributed by atoms with Crippen molar-refractivity contribution in [3.63, 3.8) is 0 Å². The molecule has 0 aromatic carbocycles. The molecule has 0 aromatic rings. The van der Waals surface area contributed by atoms with Gasteiger partial charge in [0, 0.05) is 11.7 Å². The molecule has 1 aliphatic carbocycles. The van der Waals surface area contributed by atoms with Gasteiger partial charge in [0.1, 0.15) is 6.04 Å². The predicted molar refractivity (Wildman–Crippen MR) is 91.5 cm³/mol. The zero-order valence-electron chi connectivity index (χ0n) is 14.6. The molecule has 8 nitrogen and oxygen atoms in total. The summed E-state index contributed by atoms with van der Waals surface area (Å²) in [5, 5.41) is 21.2. The molecule has 1 unspecified atom stereocenters. The Bertz CT molecular complexity index is 452. The molecule has 0 spiro atoms. The Hall–Kier alpha value is -1.32. The van der Waals surface area contributed by atoms with E-state index in [1.165, 1.54) is 0 Å². The maximum absolute atomic E-state index is 11.8. The molecule has 0 aliphatic heterocycles. The first kappa shape index (κ1) is 21.7. The molecule has 1 saturated carbocycles. The van der Waals surface area contributed by atoms with E-state index in [1.54, 1.807) is 13.8 Å². The van der Waals surface area contributed by atoms with E-state index in [4.69, 9.17) is 14.6 Å². The van der Waals surface area contributed by atoms with Gasteiger partial charge in [-0.25, -0.2) is 4.79 Å². The number of hydrogen-bond acceptors (Lipinski definition) is 7. The molecule has 1 rings (SSSR count). The van der Waals surface area contributed by atoms with Crippen LogP contribution in [-0.4, -0.2) is 52.3 Å². The summed E-state index contributed by atoms with van der Waals surface area (Å²) in [6.45, 7) is 2.92. The molecule has 1 amide bonds. The van der Waals surface area contributed by atoms with Gasteiger partial charge in [-0.3, -0.25) is 9.59 Å². The fraction of sp³-hybridized carbons (Fsp3) is 0.812. The zero-order valence-corrected chi connectivity index (χ0v) is 15.4. The monoisotopic (exact) mass is 377 g/mol. The lowest BCUT2D eigenvalue weighted by Gasteiger charge is -2.20. The maximum Gasteiger partial charge on any atom is 0.327 e. The lowest BCUT2D eigenvalue weighted by atomic mass is 9.89. The first-order valence-corrected chi connectivity index (χ1v) is 9.47. The van der Waals surface area contributed by atoms with Gasteiger partial charge in [-0.15, -0.1) is 0 Å². The van der Waals surface area contributed by atoms with Crippen molar-refractivity contribution in [2.24, 2.45) is 11.8 Å². The van der Waals surface area contributed by atoms with Gasteiger partial charge in [0.2, 0.25) is 11.5 Å². The molecule has 9 heteroatoms. The number of carbonyl (C=O) groups is 3. The Balaban J connectivity index is 2.25. The van der Waals surface area contributed by atoms with Crippen LogP contribution >= 0.6 is 11.8 Å². The number of thioether (sulfide) groups is 1. The van der Waals surface area contributed by atoms with E-state index in [9.17, 15) is 19.5 Å². The highest BCUT2D eigenvalue weighted by Gasteiger charge is 2.24. The van der Waals surface area contributed by atoms with Crippen molar-refractivity contribution < 1.29 is 34.1 Å². The lowest BCUT2D eigenvalue weighted by molar-refractivity contribution is -0.173. The van der Waals surface area contributed by atoms with Crippen LogP contribution in [0.1, 0.15) is 46.0 Å². The molecule has 2 atom stereocenters. The quantitative estimate of drug-likeness (QED) is 0.385. The maximum atomic E-state index is 11.8. The molecule has 1 fully saturated rings. The Kier molecular flexibility index (Phi) is 9.84. The summed E-state index contributed by atoms with van der Waals surface area (Å²) in [4.78, 5) is 34.5. The number of nitrogens with one attached hydrogen (secondary N) is 1.